The van der Waals surface area contributed by atoms with Crippen LogP contribution >= 0.6 is 12.2 Å². The van der Waals surface area contributed by atoms with E-state index >= 15 is 0 Å². The van der Waals surface area contributed by atoms with Gasteiger partial charge in [-0.2, -0.15) is 0 Å². The quantitative estimate of drug-likeness (QED) is 0.297. The molecule has 1 heterocycles. The topological polar surface area (TPSA) is 87.1 Å². The monoisotopic (exact) mass is 377 g/mol. The van der Waals surface area contributed by atoms with Crippen LogP contribution in [-0.2, 0) is 14.4 Å². The summed E-state index contributed by atoms with van der Waals surface area (Å²) in [5.74, 6) is -2.11. The number of aliphatic carboxylic acids is 1. The summed E-state index contributed by atoms with van der Waals surface area (Å²) in [6, 6.07) is 8.59. The number of β-lactam (4-membered cyclic amide) rings is 1. The smallest absolute Gasteiger partial charge is 0.304 e. The molecule has 7 heteroatoms. The van der Waals surface area contributed by atoms with Crippen molar-refractivity contribution in [2.24, 2.45) is 11.3 Å². The van der Waals surface area contributed by atoms with E-state index in [9.17, 15) is 19.8 Å². The van der Waals surface area contributed by atoms with Gasteiger partial charge in [0.1, 0.15) is 5.41 Å². The molecule has 2 N–H and O–H groups in total. The summed E-state index contributed by atoms with van der Waals surface area (Å²) in [5, 5.41) is 20.8. The van der Waals surface area contributed by atoms with Crippen LogP contribution in [0.15, 0.2) is 43.0 Å². The summed E-state index contributed by atoms with van der Waals surface area (Å²) in [7, 11) is 0. The maximum Gasteiger partial charge on any atom is 0.304 e. The first-order valence-electron chi connectivity index (χ1n) is 8.34. The zero-order valence-corrected chi connectivity index (χ0v) is 15.6. The standard InChI is InChI=1S/C19H23NO5S/c1-4-10-25-20-17(12(2)16(26)14-8-6-5-7-9-14)19(13(3)21,18(20)24)11-15(22)23/h4-9,12-13,17,21H,1,10-11H2,2-3H3,(H,22,23)/t12-,13+,17-,19+/m0/s1. The van der Waals surface area contributed by atoms with Crippen LogP contribution in [0.3, 0.4) is 0 Å². The van der Waals surface area contributed by atoms with Gasteiger partial charge in [0, 0.05) is 10.8 Å². The highest BCUT2D eigenvalue weighted by molar-refractivity contribution is 7.80. The van der Waals surface area contributed by atoms with Gasteiger partial charge >= 0.3 is 5.97 Å². The van der Waals surface area contributed by atoms with E-state index in [0.717, 1.165) is 10.6 Å². The molecule has 1 aromatic carbocycles. The first-order valence-corrected chi connectivity index (χ1v) is 8.74. The fourth-order valence-corrected chi connectivity index (χ4v) is 3.80. The van der Waals surface area contributed by atoms with Crippen molar-refractivity contribution in [3.63, 3.8) is 0 Å². The number of aliphatic hydroxyl groups excluding tert-OH is 1. The number of hydrogen-bond donors (Lipinski definition) is 2. The molecule has 0 bridgehead atoms. The van der Waals surface area contributed by atoms with Crippen molar-refractivity contribution in [1.82, 2.24) is 5.06 Å². The van der Waals surface area contributed by atoms with Gasteiger partial charge in [-0.05, 0) is 12.5 Å². The maximum absolute atomic E-state index is 12.7. The first kappa shape index (κ1) is 20.2. The number of aliphatic hydroxyl groups is 1. The van der Waals surface area contributed by atoms with Crippen molar-refractivity contribution in [3.8, 4) is 0 Å². The van der Waals surface area contributed by atoms with Crippen LogP contribution < -0.4 is 0 Å². The van der Waals surface area contributed by atoms with E-state index in [1.165, 1.54) is 13.0 Å². The third-order valence-electron chi connectivity index (χ3n) is 4.84. The Bertz CT molecular complexity index is 705. The van der Waals surface area contributed by atoms with E-state index in [1.807, 2.05) is 37.3 Å². The molecule has 6 nitrogen and oxygen atoms in total. The van der Waals surface area contributed by atoms with Gasteiger partial charge in [0.05, 0.1) is 25.2 Å². The van der Waals surface area contributed by atoms with E-state index in [1.54, 1.807) is 0 Å². The number of carboxylic acid groups (broad SMARTS) is 1. The summed E-state index contributed by atoms with van der Waals surface area (Å²) >= 11 is 5.58. The fourth-order valence-electron chi connectivity index (χ4n) is 3.53. The average molecular weight is 377 g/mol. The molecule has 1 aromatic rings. The molecule has 140 valence electrons. The predicted molar refractivity (Wildman–Crippen MR) is 100 cm³/mol. The number of rotatable bonds is 9. The Morgan fingerprint density at radius 3 is 2.54 bits per heavy atom. The van der Waals surface area contributed by atoms with Crippen molar-refractivity contribution in [3.05, 3.63) is 48.6 Å². The lowest BCUT2D eigenvalue weighted by Gasteiger charge is -2.57. The Kier molecular flexibility index (Phi) is 6.28. The number of amides is 1. The van der Waals surface area contributed by atoms with E-state index in [2.05, 4.69) is 6.58 Å². The molecule has 1 aliphatic heterocycles. The minimum absolute atomic E-state index is 0.0933. The van der Waals surface area contributed by atoms with Gasteiger partial charge in [-0.25, -0.2) is 5.06 Å². The summed E-state index contributed by atoms with van der Waals surface area (Å²) in [6.07, 6.45) is -0.172. The van der Waals surface area contributed by atoms with E-state index in [4.69, 9.17) is 17.1 Å². The molecule has 1 amide bonds. The fraction of sp³-hybridized carbons (Fsp3) is 0.421. The van der Waals surface area contributed by atoms with Crippen molar-refractivity contribution in [2.45, 2.75) is 32.4 Å². The normalized spacial score (nSPS) is 24.5. The highest BCUT2D eigenvalue weighted by Crippen LogP contribution is 2.49. The Morgan fingerprint density at radius 1 is 1.42 bits per heavy atom. The molecule has 0 aromatic heterocycles. The molecule has 0 aliphatic carbocycles. The van der Waals surface area contributed by atoms with Gasteiger partial charge in [0.2, 0.25) is 0 Å². The largest absolute Gasteiger partial charge is 0.481 e. The highest BCUT2D eigenvalue weighted by Gasteiger charge is 2.67. The van der Waals surface area contributed by atoms with Crippen molar-refractivity contribution >= 4 is 29.0 Å². The first-order chi connectivity index (χ1) is 12.3. The second-order valence-electron chi connectivity index (χ2n) is 6.47. The summed E-state index contributed by atoms with van der Waals surface area (Å²) < 4.78 is 0. The zero-order chi connectivity index (χ0) is 19.5. The lowest BCUT2D eigenvalue weighted by atomic mass is 9.61. The number of nitrogens with zero attached hydrogens (tertiary/aromatic N) is 1. The molecular weight excluding hydrogens is 354 g/mol. The number of hydrogen-bond acceptors (Lipinski definition) is 5. The molecule has 0 radical (unpaired) electrons. The highest BCUT2D eigenvalue weighted by atomic mass is 32.1. The second kappa shape index (κ2) is 8.07. The van der Waals surface area contributed by atoms with Crippen LogP contribution in [-0.4, -0.2) is 50.8 Å². The van der Waals surface area contributed by atoms with E-state index in [0.29, 0.717) is 4.86 Å². The maximum atomic E-state index is 12.7. The van der Waals surface area contributed by atoms with Crippen LogP contribution in [0.2, 0.25) is 0 Å². The van der Waals surface area contributed by atoms with Gasteiger partial charge in [-0.1, -0.05) is 55.5 Å². The van der Waals surface area contributed by atoms with Crippen LogP contribution in [0.1, 0.15) is 25.8 Å². The molecule has 2 rings (SSSR count). The molecule has 0 saturated carbocycles. The zero-order valence-electron chi connectivity index (χ0n) is 14.8. The molecular formula is C19H23NO5S. The molecule has 1 aliphatic rings. The predicted octanol–water partition coefficient (Wildman–Crippen LogP) is 2.21. The molecule has 4 atom stereocenters. The van der Waals surface area contributed by atoms with Crippen LogP contribution in [0.4, 0.5) is 0 Å². The second-order valence-corrected chi connectivity index (χ2v) is 6.91. The molecule has 1 fully saturated rings. The summed E-state index contributed by atoms with van der Waals surface area (Å²) in [6.45, 7) is 6.89. The van der Waals surface area contributed by atoms with E-state index in [-0.39, 0.29) is 6.61 Å². The minimum atomic E-state index is -1.48. The Hall–Kier alpha value is -2.09. The van der Waals surface area contributed by atoms with Crippen molar-refractivity contribution in [2.75, 3.05) is 6.61 Å². The SMILES string of the molecule is C=CCON1C(=O)[C@](CC(=O)O)([C@@H](C)O)[C@@H]1[C@@H](C)C(=S)c1ccccc1. The summed E-state index contributed by atoms with van der Waals surface area (Å²) in [4.78, 5) is 30.2. The van der Waals surface area contributed by atoms with Crippen molar-refractivity contribution in [1.29, 1.82) is 0 Å². The summed E-state index contributed by atoms with van der Waals surface area (Å²) in [5.41, 5.74) is -0.668. The number of carboxylic acids is 1. The molecule has 1 saturated heterocycles. The van der Waals surface area contributed by atoms with Crippen LogP contribution in [0, 0.1) is 11.3 Å². The Labute approximate surface area is 158 Å². The number of hydroxylamine groups is 2. The Morgan fingerprint density at radius 2 is 2.04 bits per heavy atom. The number of benzene rings is 1. The van der Waals surface area contributed by atoms with Gasteiger partial charge in [-0.15, -0.1) is 6.58 Å². The van der Waals surface area contributed by atoms with Crippen LogP contribution in [0.25, 0.3) is 0 Å². The molecule has 0 spiro atoms. The number of carbonyl (C=O) groups is 2. The lowest BCUT2D eigenvalue weighted by Crippen LogP contribution is -2.75. The number of thiocarbonyl (C=S) groups is 1. The minimum Gasteiger partial charge on any atom is -0.481 e. The van der Waals surface area contributed by atoms with Crippen molar-refractivity contribution < 1.29 is 24.6 Å². The van der Waals surface area contributed by atoms with Gasteiger partial charge in [-0.3, -0.25) is 14.4 Å². The van der Waals surface area contributed by atoms with Crippen LogP contribution in [0.5, 0.6) is 0 Å². The number of carbonyl (C=O) groups excluding carboxylic acids is 1. The molecule has 0 unspecified atom stereocenters. The third-order valence-corrected chi connectivity index (χ3v) is 5.45. The molecule has 26 heavy (non-hydrogen) atoms. The lowest BCUT2D eigenvalue weighted by molar-refractivity contribution is -0.279. The van der Waals surface area contributed by atoms with E-state index < -0.39 is 41.8 Å². The van der Waals surface area contributed by atoms with Gasteiger partial charge in [0.25, 0.3) is 5.91 Å². The van der Waals surface area contributed by atoms with Gasteiger partial charge < -0.3 is 10.2 Å². The van der Waals surface area contributed by atoms with Gasteiger partial charge in [0.15, 0.2) is 0 Å². The third kappa shape index (κ3) is 3.42. The Balaban J connectivity index is 2.42. The average Bonchev–Trinajstić information content (AvgIpc) is 2.62.